The first-order chi connectivity index (χ1) is 10.7. The van der Waals surface area contributed by atoms with Crippen LogP contribution in [-0.2, 0) is 12.8 Å². The van der Waals surface area contributed by atoms with Gasteiger partial charge in [0, 0.05) is 6.07 Å². The third kappa shape index (κ3) is 2.98. The van der Waals surface area contributed by atoms with Crippen molar-refractivity contribution >= 4 is 5.91 Å². The van der Waals surface area contributed by atoms with E-state index in [-0.39, 0.29) is 23.2 Å². The smallest absolute Gasteiger partial charge is 0.269 e. The lowest BCUT2D eigenvalue weighted by Crippen LogP contribution is -2.28. The van der Waals surface area contributed by atoms with Crippen LogP contribution >= 0.6 is 0 Å². The molecule has 5 nitrogen and oxygen atoms in total. The summed E-state index contributed by atoms with van der Waals surface area (Å²) in [7, 11) is 0. The minimum Gasteiger partial charge on any atom is -0.344 e. The van der Waals surface area contributed by atoms with Gasteiger partial charge in [0.1, 0.15) is 5.69 Å². The van der Waals surface area contributed by atoms with Crippen LogP contribution in [0.1, 0.15) is 59.4 Å². The topological polar surface area (TPSA) is 77.8 Å². The standard InChI is InChI=1S/C17H21N3O2/c1-2-14(18-17(22)15-10-16(21)20-19-15)13-8-7-11-5-3-4-6-12(11)9-13/h7-10,14H,2-6H2,1H3,(H,18,22)(H2,19,20,21). The molecule has 0 aliphatic heterocycles. The average Bonchev–Trinajstić information content (AvgIpc) is 2.98. The Morgan fingerprint density at radius 1 is 1.18 bits per heavy atom. The number of fused-ring (bicyclic) bond motifs is 1. The molecule has 3 rings (SSSR count). The predicted molar refractivity (Wildman–Crippen MR) is 85.0 cm³/mol. The Labute approximate surface area is 129 Å². The van der Waals surface area contributed by atoms with Gasteiger partial charge in [-0.15, -0.1) is 0 Å². The highest BCUT2D eigenvalue weighted by Crippen LogP contribution is 2.26. The average molecular weight is 299 g/mol. The van der Waals surface area contributed by atoms with Crippen molar-refractivity contribution in [1.82, 2.24) is 15.5 Å². The van der Waals surface area contributed by atoms with Gasteiger partial charge in [-0.2, -0.15) is 0 Å². The Morgan fingerprint density at radius 2 is 1.95 bits per heavy atom. The van der Waals surface area contributed by atoms with Crippen molar-refractivity contribution in [1.29, 1.82) is 0 Å². The van der Waals surface area contributed by atoms with Crippen molar-refractivity contribution in [3.05, 3.63) is 57.0 Å². The normalized spacial score (nSPS) is 15.1. The van der Waals surface area contributed by atoms with Crippen molar-refractivity contribution in [2.45, 2.75) is 45.1 Å². The Kier molecular flexibility index (Phi) is 4.13. The van der Waals surface area contributed by atoms with Crippen molar-refractivity contribution in [3.63, 3.8) is 0 Å². The molecule has 0 bridgehead atoms. The third-order valence-corrected chi connectivity index (χ3v) is 4.33. The molecule has 1 atom stereocenters. The molecule has 0 spiro atoms. The van der Waals surface area contributed by atoms with E-state index in [0.717, 1.165) is 24.8 Å². The molecular weight excluding hydrogens is 278 g/mol. The molecular formula is C17H21N3O2. The highest BCUT2D eigenvalue weighted by Gasteiger charge is 2.17. The summed E-state index contributed by atoms with van der Waals surface area (Å²) < 4.78 is 0. The molecule has 1 amide bonds. The number of amides is 1. The number of aromatic nitrogens is 2. The Bertz CT molecular complexity index is 730. The lowest BCUT2D eigenvalue weighted by Gasteiger charge is -2.21. The molecule has 1 unspecified atom stereocenters. The number of hydrogen-bond acceptors (Lipinski definition) is 2. The SMILES string of the molecule is CCC(NC(=O)c1cc(=O)[nH][nH]1)c1ccc2c(c1)CCCC2. The first-order valence-electron chi connectivity index (χ1n) is 7.87. The maximum atomic E-state index is 12.2. The summed E-state index contributed by atoms with van der Waals surface area (Å²) in [6.45, 7) is 2.05. The van der Waals surface area contributed by atoms with Gasteiger partial charge < -0.3 is 5.32 Å². The summed E-state index contributed by atoms with van der Waals surface area (Å²) >= 11 is 0. The molecule has 5 heteroatoms. The van der Waals surface area contributed by atoms with Crippen LogP contribution in [-0.4, -0.2) is 16.1 Å². The van der Waals surface area contributed by atoms with Gasteiger partial charge in [0.2, 0.25) is 0 Å². The molecule has 0 fully saturated rings. The fraction of sp³-hybridized carbons (Fsp3) is 0.412. The van der Waals surface area contributed by atoms with Crippen LogP contribution in [0.25, 0.3) is 0 Å². The number of rotatable bonds is 4. The quantitative estimate of drug-likeness (QED) is 0.811. The zero-order valence-corrected chi connectivity index (χ0v) is 12.7. The molecule has 0 radical (unpaired) electrons. The van der Waals surface area contributed by atoms with Gasteiger partial charge in [0.05, 0.1) is 6.04 Å². The maximum absolute atomic E-state index is 12.2. The van der Waals surface area contributed by atoms with Gasteiger partial charge in [0.25, 0.3) is 11.5 Å². The lowest BCUT2D eigenvalue weighted by molar-refractivity contribution is 0.0930. The second-order valence-corrected chi connectivity index (χ2v) is 5.84. The van der Waals surface area contributed by atoms with Crippen LogP contribution in [0.3, 0.4) is 0 Å². The van der Waals surface area contributed by atoms with E-state index in [2.05, 4.69) is 33.7 Å². The van der Waals surface area contributed by atoms with E-state index in [4.69, 9.17) is 0 Å². The van der Waals surface area contributed by atoms with Gasteiger partial charge in [-0.05, 0) is 48.8 Å². The molecule has 1 aromatic heterocycles. The van der Waals surface area contributed by atoms with Crippen molar-refractivity contribution in [2.24, 2.45) is 0 Å². The van der Waals surface area contributed by atoms with E-state index in [1.165, 1.54) is 30.0 Å². The van der Waals surface area contributed by atoms with E-state index in [0.29, 0.717) is 0 Å². The first-order valence-corrected chi connectivity index (χ1v) is 7.87. The molecule has 1 aliphatic carbocycles. The predicted octanol–water partition coefficient (Wildman–Crippen LogP) is 2.46. The largest absolute Gasteiger partial charge is 0.344 e. The Morgan fingerprint density at radius 3 is 2.64 bits per heavy atom. The molecule has 116 valence electrons. The number of carbonyl (C=O) groups excluding carboxylic acids is 1. The van der Waals surface area contributed by atoms with Crippen LogP contribution in [0.15, 0.2) is 29.1 Å². The van der Waals surface area contributed by atoms with E-state index in [1.807, 2.05) is 6.92 Å². The number of aryl methyl sites for hydroxylation is 2. The summed E-state index contributed by atoms with van der Waals surface area (Å²) in [4.78, 5) is 23.3. The number of H-pyrrole nitrogens is 2. The second-order valence-electron chi connectivity index (χ2n) is 5.84. The molecule has 2 aromatic rings. The number of hydrogen-bond donors (Lipinski definition) is 3. The Balaban J connectivity index is 1.79. The highest BCUT2D eigenvalue weighted by atomic mass is 16.2. The number of nitrogens with one attached hydrogen (secondary N) is 3. The van der Waals surface area contributed by atoms with E-state index >= 15 is 0 Å². The molecule has 22 heavy (non-hydrogen) atoms. The van der Waals surface area contributed by atoms with Gasteiger partial charge in [-0.25, -0.2) is 0 Å². The monoisotopic (exact) mass is 299 g/mol. The van der Waals surface area contributed by atoms with Crippen LogP contribution in [0.4, 0.5) is 0 Å². The highest BCUT2D eigenvalue weighted by molar-refractivity contribution is 5.92. The van der Waals surface area contributed by atoms with Crippen molar-refractivity contribution in [3.8, 4) is 0 Å². The van der Waals surface area contributed by atoms with Gasteiger partial charge in [-0.3, -0.25) is 19.8 Å². The lowest BCUT2D eigenvalue weighted by atomic mass is 9.89. The number of carbonyl (C=O) groups is 1. The molecule has 3 N–H and O–H groups in total. The van der Waals surface area contributed by atoms with Crippen molar-refractivity contribution < 1.29 is 4.79 Å². The van der Waals surface area contributed by atoms with Crippen LogP contribution in [0, 0.1) is 0 Å². The third-order valence-electron chi connectivity index (χ3n) is 4.33. The van der Waals surface area contributed by atoms with Crippen molar-refractivity contribution in [2.75, 3.05) is 0 Å². The van der Waals surface area contributed by atoms with E-state index in [9.17, 15) is 9.59 Å². The second kappa shape index (κ2) is 6.22. The fourth-order valence-electron chi connectivity index (χ4n) is 3.08. The summed E-state index contributed by atoms with van der Waals surface area (Å²) in [5, 5.41) is 7.96. The summed E-state index contributed by atoms with van der Waals surface area (Å²) in [6, 6.07) is 7.76. The van der Waals surface area contributed by atoms with Gasteiger partial charge in [-0.1, -0.05) is 25.1 Å². The molecule has 1 aromatic carbocycles. The summed E-state index contributed by atoms with van der Waals surface area (Å²) in [5.74, 6) is -0.261. The maximum Gasteiger partial charge on any atom is 0.269 e. The van der Waals surface area contributed by atoms with Gasteiger partial charge >= 0.3 is 0 Å². The number of benzene rings is 1. The van der Waals surface area contributed by atoms with Crippen LogP contribution < -0.4 is 10.9 Å². The van der Waals surface area contributed by atoms with Gasteiger partial charge in [0.15, 0.2) is 0 Å². The summed E-state index contributed by atoms with van der Waals surface area (Å²) in [6.07, 6.45) is 5.59. The van der Waals surface area contributed by atoms with E-state index in [1.54, 1.807) is 0 Å². The minimum absolute atomic E-state index is 0.0434. The molecule has 0 saturated heterocycles. The zero-order chi connectivity index (χ0) is 15.5. The molecule has 1 heterocycles. The van der Waals surface area contributed by atoms with Crippen LogP contribution in [0.5, 0.6) is 0 Å². The molecule has 1 aliphatic rings. The Hall–Kier alpha value is -2.30. The van der Waals surface area contributed by atoms with Crippen LogP contribution in [0.2, 0.25) is 0 Å². The first kappa shape index (κ1) is 14.6. The van der Waals surface area contributed by atoms with E-state index < -0.39 is 0 Å². The molecule has 0 saturated carbocycles. The fourth-order valence-corrected chi connectivity index (χ4v) is 3.08. The minimum atomic E-state index is -0.299. The zero-order valence-electron chi connectivity index (χ0n) is 12.7. The number of aromatic amines is 2. The summed E-state index contributed by atoms with van der Waals surface area (Å²) in [5.41, 5.74) is 3.94.